The number of benzene rings is 2. The SMILES string of the molecule is CC12CNC[C@@](c3ccccc3)(CN(Cc3ccccc3)C1)[C@H]2O. The highest BCUT2D eigenvalue weighted by molar-refractivity contribution is 5.33. The molecule has 2 aromatic carbocycles. The number of likely N-dealkylation sites (tertiary alicyclic amines) is 1. The van der Waals surface area contributed by atoms with Crippen LogP contribution in [0.4, 0.5) is 0 Å². The van der Waals surface area contributed by atoms with Crippen molar-refractivity contribution in [3.63, 3.8) is 0 Å². The molecule has 2 heterocycles. The summed E-state index contributed by atoms with van der Waals surface area (Å²) < 4.78 is 0. The molecule has 126 valence electrons. The zero-order valence-corrected chi connectivity index (χ0v) is 14.3. The molecule has 2 fully saturated rings. The van der Waals surface area contributed by atoms with E-state index in [1.54, 1.807) is 0 Å². The quantitative estimate of drug-likeness (QED) is 0.911. The summed E-state index contributed by atoms with van der Waals surface area (Å²) >= 11 is 0. The van der Waals surface area contributed by atoms with Gasteiger partial charge in [-0.3, -0.25) is 4.90 Å². The van der Waals surface area contributed by atoms with Gasteiger partial charge in [0.25, 0.3) is 0 Å². The van der Waals surface area contributed by atoms with E-state index < -0.39 is 0 Å². The number of rotatable bonds is 3. The molecule has 2 aliphatic rings. The van der Waals surface area contributed by atoms with Gasteiger partial charge in [-0.15, -0.1) is 0 Å². The summed E-state index contributed by atoms with van der Waals surface area (Å²) in [6.07, 6.45) is -0.319. The predicted octanol–water partition coefficient (Wildman–Crippen LogP) is 2.41. The molecule has 3 nitrogen and oxygen atoms in total. The number of hydrogen-bond donors (Lipinski definition) is 2. The molecule has 2 saturated heterocycles. The van der Waals surface area contributed by atoms with Gasteiger partial charge in [-0.25, -0.2) is 0 Å². The van der Waals surface area contributed by atoms with Crippen LogP contribution >= 0.6 is 0 Å². The van der Waals surface area contributed by atoms with Gasteiger partial charge in [0.05, 0.1) is 6.10 Å². The monoisotopic (exact) mass is 322 g/mol. The predicted molar refractivity (Wildman–Crippen MR) is 96.8 cm³/mol. The van der Waals surface area contributed by atoms with Crippen LogP contribution in [0.2, 0.25) is 0 Å². The lowest BCUT2D eigenvalue weighted by molar-refractivity contribution is -0.115. The van der Waals surface area contributed by atoms with E-state index in [4.69, 9.17) is 0 Å². The lowest BCUT2D eigenvalue weighted by Crippen LogP contribution is -2.72. The van der Waals surface area contributed by atoms with Crippen molar-refractivity contribution in [2.75, 3.05) is 26.2 Å². The van der Waals surface area contributed by atoms with Crippen LogP contribution in [0.15, 0.2) is 60.7 Å². The minimum Gasteiger partial charge on any atom is -0.391 e. The molecule has 2 N–H and O–H groups in total. The van der Waals surface area contributed by atoms with Crippen LogP contribution in [-0.2, 0) is 12.0 Å². The van der Waals surface area contributed by atoms with Crippen LogP contribution in [0.3, 0.4) is 0 Å². The Bertz CT molecular complexity index is 689. The molecule has 3 heteroatoms. The summed E-state index contributed by atoms with van der Waals surface area (Å²) in [4.78, 5) is 2.52. The number of nitrogens with one attached hydrogen (secondary N) is 1. The average molecular weight is 322 g/mol. The molecular formula is C21H26N2O. The Labute approximate surface area is 144 Å². The Morgan fingerprint density at radius 3 is 2.38 bits per heavy atom. The van der Waals surface area contributed by atoms with E-state index in [0.717, 1.165) is 32.7 Å². The second kappa shape index (κ2) is 5.99. The molecule has 2 aromatic rings. The second-order valence-electron chi connectivity index (χ2n) is 7.81. The summed E-state index contributed by atoms with van der Waals surface area (Å²) in [6, 6.07) is 21.2. The van der Waals surface area contributed by atoms with Crippen LogP contribution in [0.5, 0.6) is 0 Å². The average Bonchev–Trinajstić information content (AvgIpc) is 2.59. The van der Waals surface area contributed by atoms with Crippen LogP contribution in [0, 0.1) is 5.41 Å². The van der Waals surface area contributed by atoms with Gasteiger partial charge < -0.3 is 10.4 Å². The summed E-state index contributed by atoms with van der Waals surface area (Å²) in [6.45, 7) is 6.67. The Kier molecular flexibility index (Phi) is 3.95. The number of aliphatic hydroxyl groups excluding tert-OH is 1. The summed E-state index contributed by atoms with van der Waals surface area (Å²) in [5.41, 5.74) is 2.23. The Balaban J connectivity index is 1.69. The Hall–Kier alpha value is -1.68. The number of fused-ring (bicyclic) bond motifs is 2. The van der Waals surface area contributed by atoms with Crippen molar-refractivity contribution in [3.05, 3.63) is 71.8 Å². The maximum Gasteiger partial charge on any atom is 0.0739 e. The zero-order valence-electron chi connectivity index (χ0n) is 14.3. The number of nitrogens with zero attached hydrogens (tertiary/aromatic N) is 1. The molecule has 0 saturated carbocycles. The first kappa shape index (κ1) is 15.8. The molecule has 0 aromatic heterocycles. The number of hydrogen-bond acceptors (Lipinski definition) is 3. The van der Waals surface area contributed by atoms with E-state index in [1.807, 2.05) is 6.07 Å². The maximum atomic E-state index is 11.3. The number of aliphatic hydroxyl groups is 1. The van der Waals surface area contributed by atoms with E-state index >= 15 is 0 Å². The van der Waals surface area contributed by atoms with E-state index in [0.29, 0.717) is 0 Å². The molecule has 2 aliphatic heterocycles. The fourth-order valence-electron chi connectivity index (χ4n) is 4.76. The zero-order chi connectivity index (χ0) is 16.6. The van der Waals surface area contributed by atoms with Crippen molar-refractivity contribution in [3.8, 4) is 0 Å². The van der Waals surface area contributed by atoms with E-state index in [2.05, 4.69) is 71.7 Å². The normalized spacial score (nSPS) is 33.3. The van der Waals surface area contributed by atoms with Gasteiger partial charge in [-0.05, 0) is 11.1 Å². The molecule has 0 amide bonds. The van der Waals surface area contributed by atoms with E-state index in [1.165, 1.54) is 11.1 Å². The highest BCUT2D eigenvalue weighted by Crippen LogP contribution is 2.45. The van der Waals surface area contributed by atoms with Gasteiger partial charge in [0.15, 0.2) is 0 Å². The van der Waals surface area contributed by atoms with E-state index in [9.17, 15) is 5.11 Å². The Morgan fingerprint density at radius 2 is 1.67 bits per heavy atom. The van der Waals surface area contributed by atoms with E-state index in [-0.39, 0.29) is 16.9 Å². The van der Waals surface area contributed by atoms with Gasteiger partial charge in [-0.2, -0.15) is 0 Å². The first-order valence-electron chi connectivity index (χ1n) is 8.83. The van der Waals surface area contributed by atoms with Crippen molar-refractivity contribution in [1.29, 1.82) is 0 Å². The van der Waals surface area contributed by atoms with Crippen LogP contribution in [-0.4, -0.2) is 42.3 Å². The van der Waals surface area contributed by atoms with Gasteiger partial charge >= 0.3 is 0 Å². The second-order valence-corrected chi connectivity index (χ2v) is 7.81. The highest BCUT2D eigenvalue weighted by atomic mass is 16.3. The molecule has 0 aliphatic carbocycles. The van der Waals surface area contributed by atoms with Crippen molar-refractivity contribution >= 4 is 0 Å². The first-order valence-corrected chi connectivity index (χ1v) is 8.83. The van der Waals surface area contributed by atoms with Crippen LogP contribution in [0.25, 0.3) is 0 Å². The van der Waals surface area contributed by atoms with Crippen molar-refractivity contribution < 1.29 is 5.11 Å². The molecule has 1 unspecified atom stereocenters. The molecule has 2 bridgehead atoms. The highest BCUT2D eigenvalue weighted by Gasteiger charge is 2.56. The fraction of sp³-hybridized carbons (Fsp3) is 0.429. The molecule has 3 atom stereocenters. The molecular weight excluding hydrogens is 296 g/mol. The third-order valence-electron chi connectivity index (χ3n) is 5.84. The largest absolute Gasteiger partial charge is 0.391 e. The standard InChI is InChI=1S/C21H26N2O/c1-20-13-22-14-21(19(20)24,18-10-6-3-7-11-18)16-23(15-20)12-17-8-4-2-5-9-17/h2-11,19,22,24H,12-16H2,1H3/t19-,20?,21-/m0/s1. The van der Waals surface area contributed by atoms with Crippen molar-refractivity contribution in [2.45, 2.75) is 25.0 Å². The maximum absolute atomic E-state index is 11.3. The molecule has 0 spiro atoms. The smallest absolute Gasteiger partial charge is 0.0739 e. The third kappa shape index (κ3) is 2.57. The fourth-order valence-corrected chi connectivity index (χ4v) is 4.76. The number of piperidine rings is 2. The van der Waals surface area contributed by atoms with Gasteiger partial charge in [0.1, 0.15) is 0 Å². The summed E-state index contributed by atoms with van der Waals surface area (Å²) in [7, 11) is 0. The van der Waals surface area contributed by atoms with Crippen LogP contribution < -0.4 is 5.32 Å². The molecule has 0 radical (unpaired) electrons. The lowest BCUT2D eigenvalue weighted by atomic mass is 9.60. The first-order chi connectivity index (χ1) is 11.6. The topological polar surface area (TPSA) is 35.5 Å². The summed E-state index contributed by atoms with van der Waals surface area (Å²) in [5, 5.41) is 14.9. The summed E-state index contributed by atoms with van der Waals surface area (Å²) in [5.74, 6) is 0. The lowest BCUT2D eigenvalue weighted by Gasteiger charge is -2.58. The van der Waals surface area contributed by atoms with Crippen molar-refractivity contribution in [1.82, 2.24) is 10.2 Å². The minimum atomic E-state index is -0.319. The Morgan fingerprint density at radius 1 is 1.00 bits per heavy atom. The van der Waals surface area contributed by atoms with Crippen molar-refractivity contribution in [2.24, 2.45) is 5.41 Å². The van der Waals surface area contributed by atoms with Gasteiger partial charge in [-0.1, -0.05) is 67.6 Å². The molecule has 4 rings (SSSR count). The molecule has 24 heavy (non-hydrogen) atoms. The van der Waals surface area contributed by atoms with Crippen LogP contribution in [0.1, 0.15) is 18.1 Å². The van der Waals surface area contributed by atoms with Gasteiger partial charge in [0.2, 0.25) is 0 Å². The third-order valence-corrected chi connectivity index (χ3v) is 5.84. The minimum absolute atomic E-state index is 0.124. The van der Waals surface area contributed by atoms with Gasteiger partial charge in [0, 0.05) is 43.6 Å².